The van der Waals surface area contributed by atoms with Gasteiger partial charge in [-0.25, -0.2) is 0 Å². The van der Waals surface area contributed by atoms with Crippen LogP contribution in [0, 0.1) is 0 Å². The van der Waals surface area contributed by atoms with Crippen LogP contribution in [0.5, 0.6) is 5.75 Å². The average Bonchev–Trinajstić information content (AvgIpc) is 2.80. The Morgan fingerprint density at radius 3 is 2.89 bits per heavy atom. The van der Waals surface area contributed by atoms with Gasteiger partial charge in [0.15, 0.2) is 5.82 Å². The van der Waals surface area contributed by atoms with E-state index in [2.05, 4.69) is 17.1 Å². The Bertz CT molecular complexity index is 534. The van der Waals surface area contributed by atoms with Crippen LogP contribution in [0.2, 0.25) is 0 Å². The standard InChI is InChI=1S/C15H21N3O/c1-3-4-5-9-13-14(15(16)18-17-13)11-7-6-8-12(10-11)19-2/h6-8,10H,3-5,9H2,1-2H3,(H3,16,17,18). The van der Waals surface area contributed by atoms with Crippen molar-refractivity contribution < 1.29 is 4.74 Å². The normalized spacial score (nSPS) is 10.6. The lowest BCUT2D eigenvalue weighted by Gasteiger charge is -2.06. The first-order valence-electron chi connectivity index (χ1n) is 6.73. The first-order chi connectivity index (χ1) is 9.26. The van der Waals surface area contributed by atoms with Crippen molar-refractivity contribution in [3.05, 3.63) is 30.0 Å². The Balaban J connectivity index is 2.29. The van der Waals surface area contributed by atoms with E-state index in [1.807, 2.05) is 24.3 Å². The van der Waals surface area contributed by atoms with Gasteiger partial charge in [0.2, 0.25) is 0 Å². The molecule has 0 spiro atoms. The number of hydrogen-bond acceptors (Lipinski definition) is 3. The van der Waals surface area contributed by atoms with Crippen LogP contribution >= 0.6 is 0 Å². The molecule has 0 amide bonds. The minimum atomic E-state index is 0.555. The number of unbranched alkanes of at least 4 members (excludes halogenated alkanes) is 2. The maximum atomic E-state index is 5.99. The van der Waals surface area contributed by atoms with Crippen molar-refractivity contribution in [2.24, 2.45) is 0 Å². The van der Waals surface area contributed by atoms with Gasteiger partial charge < -0.3 is 10.5 Å². The maximum Gasteiger partial charge on any atom is 0.153 e. The molecule has 3 N–H and O–H groups in total. The third-order valence-corrected chi connectivity index (χ3v) is 3.26. The fourth-order valence-electron chi connectivity index (χ4n) is 2.23. The zero-order valence-electron chi connectivity index (χ0n) is 11.6. The van der Waals surface area contributed by atoms with Crippen LogP contribution in [0.25, 0.3) is 11.1 Å². The number of nitrogens with one attached hydrogen (secondary N) is 1. The molecule has 1 aromatic carbocycles. The summed E-state index contributed by atoms with van der Waals surface area (Å²) in [6.07, 6.45) is 4.55. The lowest BCUT2D eigenvalue weighted by atomic mass is 10.0. The third-order valence-electron chi connectivity index (χ3n) is 3.26. The third kappa shape index (κ3) is 3.08. The van der Waals surface area contributed by atoms with Crippen LogP contribution in [0.3, 0.4) is 0 Å². The lowest BCUT2D eigenvalue weighted by Crippen LogP contribution is -1.92. The summed E-state index contributed by atoms with van der Waals surface area (Å²) >= 11 is 0. The van der Waals surface area contributed by atoms with Crippen molar-refractivity contribution in [2.75, 3.05) is 12.8 Å². The van der Waals surface area contributed by atoms with Gasteiger partial charge in [-0.3, -0.25) is 5.10 Å². The van der Waals surface area contributed by atoms with Crippen LogP contribution in [-0.2, 0) is 6.42 Å². The molecule has 2 rings (SSSR count). The molecule has 1 aromatic heterocycles. The highest BCUT2D eigenvalue weighted by Gasteiger charge is 2.13. The fourth-order valence-corrected chi connectivity index (χ4v) is 2.23. The summed E-state index contributed by atoms with van der Waals surface area (Å²) < 4.78 is 5.26. The van der Waals surface area contributed by atoms with E-state index in [1.165, 1.54) is 12.8 Å². The number of benzene rings is 1. The highest BCUT2D eigenvalue weighted by atomic mass is 16.5. The molecule has 2 aromatic rings. The van der Waals surface area contributed by atoms with Gasteiger partial charge in [0.05, 0.1) is 7.11 Å². The number of nitrogens with two attached hydrogens (primary N) is 1. The number of ether oxygens (including phenoxy) is 1. The van der Waals surface area contributed by atoms with Gasteiger partial charge in [-0.2, -0.15) is 5.10 Å². The summed E-state index contributed by atoms with van der Waals surface area (Å²) in [4.78, 5) is 0. The number of anilines is 1. The molecule has 0 saturated heterocycles. The van der Waals surface area contributed by atoms with Crippen molar-refractivity contribution in [1.82, 2.24) is 10.2 Å². The second-order valence-electron chi connectivity index (χ2n) is 4.65. The molecule has 1 heterocycles. The number of nitrogen functional groups attached to an aromatic ring is 1. The maximum absolute atomic E-state index is 5.99. The number of H-pyrrole nitrogens is 1. The van der Waals surface area contributed by atoms with Crippen LogP contribution < -0.4 is 10.5 Å². The van der Waals surface area contributed by atoms with E-state index in [1.54, 1.807) is 7.11 Å². The molecule has 0 aliphatic carbocycles. The van der Waals surface area contributed by atoms with E-state index < -0.39 is 0 Å². The van der Waals surface area contributed by atoms with Crippen molar-refractivity contribution in [2.45, 2.75) is 32.6 Å². The van der Waals surface area contributed by atoms with Crippen LogP contribution in [0.1, 0.15) is 31.9 Å². The second-order valence-corrected chi connectivity index (χ2v) is 4.65. The molecule has 102 valence electrons. The SMILES string of the molecule is CCCCCc1[nH]nc(N)c1-c1cccc(OC)c1. The minimum Gasteiger partial charge on any atom is -0.497 e. The Morgan fingerprint density at radius 1 is 1.32 bits per heavy atom. The average molecular weight is 259 g/mol. The number of aryl methyl sites for hydroxylation is 1. The second kappa shape index (κ2) is 6.27. The number of rotatable bonds is 6. The lowest BCUT2D eigenvalue weighted by molar-refractivity contribution is 0.415. The molecular formula is C15H21N3O. The fraction of sp³-hybridized carbons (Fsp3) is 0.400. The molecule has 0 atom stereocenters. The van der Waals surface area contributed by atoms with Crippen LogP contribution in [0.15, 0.2) is 24.3 Å². The van der Waals surface area contributed by atoms with Crippen molar-refractivity contribution in [1.29, 1.82) is 0 Å². The Hall–Kier alpha value is -1.97. The number of aromatic nitrogens is 2. The van der Waals surface area contributed by atoms with E-state index in [0.717, 1.165) is 35.4 Å². The summed E-state index contributed by atoms with van der Waals surface area (Å²) in [5.74, 6) is 1.39. The largest absolute Gasteiger partial charge is 0.497 e. The Labute approximate surface area is 114 Å². The zero-order chi connectivity index (χ0) is 13.7. The number of methoxy groups -OCH3 is 1. The predicted octanol–water partition coefficient (Wildman–Crippen LogP) is 3.40. The molecule has 19 heavy (non-hydrogen) atoms. The molecule has 0 aliphatic rings. The molecule has 0 bridgehead atoms. The van der Waals surface area contributed by atoms with Crippen molar-refractivity contribution in [3.63, 3.8) is 0 Å². The molecule has 4 nitrogen and oxygen atoms in total. The summed E-state index contributed by atoms with van der Waals surface area (Å²) in [5.41, 5.74) is 9.16. The van der Waals surface area contributed by atoms with E-state index >= 15 is 0 Å². The van der Waals surface area contributed by atoms with E-state index in [-0.39, 0.29) is 0 Å². The summed E-state index contributed by atoms with van der Waals surface area (Å²) in [7, 11) is 1.67. The highest BCUT2D eigenvalue weighted by Crippen LogP contribution is 2.31. The number of aromatic amines is 1. The summed E-state index contributed by atoms with van der Waals surface area (Å²) in [5, 5.41) is 7.19. The van der Waals surface area contributed by atoms with Crippen molar-refractivity contribution in [3.8, 4) is 16.9 Å². The van der Waals surface area contributed by atoms with Gasteiger partial charge in [0.25, 0.3) is 0 Å². The van der Waals surface area contributed by atoms with Gasteiger partial charge in [-0.05, 0) is 30.5 Å². The molecule has 0 radical (unpaired) electrons. The number of nitrogens with zero attached hydrogens (tertiary/aromatic N) is 1. The molecule has 0 saturated carbocycles. The zero-order valence-corrected chi connectivity index (χ0v) is 11.6. The van der Waals surface area contributed by atoms with E-state index in [9.17, 15) is 0 Å². The van der Waals surface area contributed by atoms with Crippen molar-refractivity contribution >= 4 is 5.82 Å². The molecule has 4 heteroatoms. The quantitative estimate of drug-likeness (QED) is 0.781. The Morgan fingerprint density at radius 2 is 2.16 bits per heavy atom. The minimum absolute atomic E-state index is 0.555. The predicted molar refractivity (Wildman–Crippen MR) is 78.2 cm³/mol. The van der Waals surface area contributed by atoms with Gasteiger partial charge in [-0.15, -0.1) is 0 Å². The molecule has 0 fully saturated rings. The van der Waals surface area contributed by atoms with E-state index in [0.29, 0.717) is 5.82 Å². The molecule has 0 unspecified atom stereocenters. The van der Waals surface area contributed by atoms with Crippen LogP contribution in [-0.4, -0.2) is 17.3 Å². The molecule has 0 aliphatic heterocycles. The topological polar surface area (TPSA) is 63.9 Å². The smallest absolute Gasteiger partial charge is 0.153 e. The number of hydrogen-bond donors (Lipinski definition) is 2. The van der Waals surface area contributed by atoms with Gasteiger partial charge in [0.1, 0.15) is 5.75 Å². The first-order valence-corrected chi connectivity index (χ1v) is 6.73. The van der Waals surface area contributed by atoms with Crippen LogP contribution in [0.4, 0.5) is 5.82 Å². The summed E-state index contributed by atoms with van der Waals surface area (Å²) in [6, 6.07) is 7.92. The molecular weight excluding hydrogens is 238 g/mol. The summed E-state index contributed by atoms with van der Waals surface area (Å²) in [6.45, 7) is 2.20. The van der Waals surface area contributed by atoms with Gasteiger partial charge in [0, 0.05) is 11.3 Å². The van der Waals surface area contributed by atoms with Gasteiger partial charge in [-0.1, -0.05) is 31.9 Å². The van der Waals surface area contributed by atoms with Gasteiger partial charge >= 0.3 is 0 Å². The highest BCUT2D eigenvalue weighted by molar-refractivity contribution is 5.77. The monoisotopic (exact) mass is 259 g/mol. The Kier molecular flexibility index (Phi) is 4.44. The van der Waals surface area contributed by atoms with E-state index in [4.69, 9.17) is 10.5 Å². The first kappa shape index (κ1) is 13.5.